The lowest BCUT2D eigenvalue weighted by Gasteiger charge is -2.30. The highest BCUT2D eigenvalue weighted by Crippen LogP contribution is 2.76. The van der Waals surface area contributed by atoms with Gasteiger partial charge < -0.3 is 0 Å². The fourth-order valence-electron chi connectivity index (χ4n) is 2.41. The monoisotopic (exact) mass is 389 g/mol. The molecular weight excluding hydrogens is 361 g/mol. The van der Waals surface area contributed by atoms with Gasteiger partial charge in [0.1, 0.15) is 0 Å². The van der Waals surface area contributed by atoms with Crippen molar-refractivity contribution in [3.63, 3.8) is 0 Å². The first-order valence-electron chi connectivity index (χ1n) is 6.85. The van der Waals surface area contributed by atoms with Crippen molar-refractivity contribution in [2.75, 3.05) is 13.2 Å². The molecule has 1 aliphatic rings. The highest BCUT2D eigenvalue weighted by Gasteiger charge is 2.53. The molecule has 1 fully saturated rings. The summed E-state index contributed by atoms with van der Waals surface area (Å²) in [5.41, 5.74) is 1.78. The lowest BCUT2D eigenvalue weighted by atomic mass is 10.2. The minimum atomic E-state index is -0.971. The van der Waals surface area contributed by atoms with E-state index in [9.17, 15) is 0 Å². The van der Waals surface area contributed by atoms with Crippen LogP contribution in [0.5, 0.6) is 0 Å². The van der Waals surface area contributed by atoms with Crippen LogP contribution in [0.3, 0.4) is 0 Å². The van der Waals surface area contributed by atoms with Crippen LogP contribution in [0, 0.1) is 0 Å². The van der Waals surface area contributed by atoms with E-state index in [1.54, 1.807) is 0 Å². The maximum Gasteiger partial charge on any atom is 0.178 e. The van der Waals surface area contributed by atoms with Crippen molar-refractivity contribution in [3.8, 4) is 0 Å². The third-order valence-corrected chi connectivity index (χ3v) is 14.9. The van der Waals surface area contributed by atoms with Crippen LogP contribution < -0.4 is 5.20 Å². The van der Waals surface area contributed by atoms with Crippen LogP contribution in [0.4, 0.5) is 0 Å². The summed E-state index contributed by atoms with van der Waals surface area (Å²) < 4.78 is 2.51. The summed E-state index contributed by atoms with van der Waals surface area (Å²) in [5, 5.41) is 2.97. The Labute approximate surface area is 123 Å². The largest absolute Gasteiger partial charge is 0.194 e. The maximum absolute atomic E-state index is 3.94. The van der Waals surface area contributed by atoms with E-state index in [0.717, 1.165) is 20.0 Å². The van der Waals surface area contributed by atoms with Gasteiger partial charge in [0.25, 0.3) is 0 Å². The number of hydrogen-bond acceptors (Lipinski definition) is 2. The molecule has 1 unspecified atom stereocenters. The molecule has 102 valence electrons. The van der Waals surface area contributed by atoms with Crippen LogP contribution in [0.15, 0.2) is 0 Å². The molecule has 0 aromatic heterocycles. The van der Waals surface area contributed by atoms with E-state index in [-0.39, 0.29) is 0 Å². The Morgan fingerprint density at radius 3 is 2.35 bits per heavy atom. The first-order valence-corrected chi connectivity index (χ1v) is 13.0. The Bertz CT molecular complexity index is 219. The van der Waals surface area contributed by atoms with Gasteiger partial charge in [-0.3, -0.25) is 0 Å². The molecule has 0 aliphatic carbocycles. The summed E-state index contributed by atoms with van der Waals surface area (Å²) in [4.78, 5) is 0. The van der Waals surface area contributed by atoms with Crippen LogP contribution in [-0.2, 0) is 0 Å². The number of unbranched alkanes of at least 4 members (excludes halogenated alkanes) is 2. The van der Waals surface area contributed by atoms with E-state index in [1.165, 1.54) is 38.6 Å². The second kappa shape index (κ2) is 7.94. The average molecular weight is 389 g/mol. The zero-order chi connectivity index (χ0) is 12.9. The second-order valence-electron chi connectivity index (χ2n) is 5.14. The molecule has 1 saturated heterocycles. The highest BCUT2D eigenvalue weighted by molar-refractivity contribution is 14.2. The molecule has 0 aromatic rings. The van der Waals surface area contributed by atoms with Gasteiger partial charge in [-0.1, -0.05) is 19.8 Å². The zero-order valence-corrected chi connectivity index (χ0v) is 15.7. The van der Waals surface area contributed by atoms with Gasteiger partial charge in [0.05, 0.1) is 11.3 Å². The number of nitrogens with one attached hydrogen (secondary N) is 1. The predicted octanol–water partition coefficient (Wildman–Crippen LogP) is 5.06. The van der Waals surface area contributed by atoms with E-state index in [1.807, 2.05) is 0 Å². The molecule has 1 heterocycles. The minimum absolute atomic E-state index is 0.892. The predicted molar refractivity (Wildman–Crippen MR) is 92.7 cm³/mol. The summed E-state index contributed by atoms with van der Waals surface area (Å²) >= 11 is 2.78. The Hall–Kier alpha value is 1.51. The van der Waals surface area contributed by atoms with Crippen molar-refractivity contribution in [1.29, 1.82) is 0 Å². The normalized spacial score (nSPS) is 28.6. The first kappa shape index (κ1) is 16.6. The van der Waals surface area contributed by atoms with Gasteiger partial charge in [-0.15, -0.1) is 5.20 Å². The Morgan fingerprint density at radius 2 is 1.88 bits per heavy atom. The van der Waals surface area contributed by atoms with Gasteiger partial charge in [-0.2, -0.15) is 4.78 Å². The zero-order valence-electron chi connectivity index (χ0n) is 11.7. The molecule has 17 heavy (non-hydrogen) atoms. The summed E-state index contributed by atoms with van der Waals surface area (Å²) in [7, 11) is 0.892. The summed E-state index contributed by atoms with van der Waals surface area (Å²) in [5.74, 6) is 0. The van der Waals surface area contributed by atoms with Gasteiger partial charge in [-0.05, 0) is 48.5 Å². The lowest BCUT2D eigenvalue weighted by Crippen LogP contribution is -2.34. The fourth-order valence-corrected chi connectivity index (χ4v) is 9.53. The van der Waals surface area contributed by atoms with Crippen LogP contribution in [-0.4, -0.2) is 29.3 Å². The van der Waals surface area contributed by atoms with Crippen LogP contribution in [0.1, 0.15) is 52.9 Å². The first-order chi connectivity index (χ1) is 8.04. The van der Waals surface area contributed by atoms with E-state index in [2.05, 4.69) is 59.5 Å². The summed E-state index contributed by atoms with van der Waals surface area (Å²) in [6, 6.07) is 0. The molecule has 0 saturated carbocycles. The minimum Gasteiger partial charge on any atom is -0.194 e. The second-order valence-corrected chi connectivity index (χ2v) is 14.3. The Morgan fingerprint density at radius 1 is 1.29 bits per heavy atom. The highest BCUT2D eigenvalue weighted by atomic mass is 127. The third-order valence-electron chi connectivity index (χ3n) is 3.81. The van der Waals surface area contributed by atoms with Crippen molar-refractivity contribution in [3.05, 3.63) is 0 Å². The van der Waals surface area contributed by atoms with Crippen molar-refractivity contribution in [2.24, 2.45) is 0 Å². The molecule has 0 amide bonds. The molecule has 1 aliphatic heterocycles. The number of hydrazine groups is 1. The van der Waals surface area contributed by atoms with E-state index < -0.39 is 5.06 Å². The van der Waals surface area contributed by atoms with Crippen molar-refractivity contribution < 1.29 is 0 Å². The topological polar surface area (TPSA) is 15.3 Å². The van der Waals surface area contributed by atoms with Crippen molar-refractivity contribution >= 4 is 35.8 Å². The quantitative estimate of drug-likeness (QED) is 0.283. The molecule has 0 aromatic carbocycles. The number of halogens is 1. The van der Waals surface area contributed by atoms with Crippen LogP contribution >= 0.6 is 35.8 Å². The SMILES string of the molecule is CCCCCN(N[P+]1(I)[C@H](C)CC[C@H]1C)PC. The molecule has 2 nitrogen and oxygen atoms in total. The van der Waals surface area contributed by atoms with E-state index in [4.69, 9.17) is 0 Å². The van der Waals surface area contributed by atoms with E-state index in [0.29, 0.717) is 0 Å². The fraction of sp³-hybridized carbons (Fsp3) is 1.00. The number of nitrogens with zero attached hydrogens (tertiary/aromatic N) is 1. The number of hydrogen-bond donors (Lipinski definition) is 1. The number of rotatable bonds is 7. The van der Waals surface area contributed by atoms with Gasteiger partial charge >= 0.3 is 0 Å². The average Bonchev–Trinajstić information content (AvgIpc) is 2.56. The van der Waals surface area contributed by atoms with Crippen LogP contribution in [0.2, 0.25) is 0 Å². The molecule has 3 atom stereocenters. The van der Waals surface area contributed by atoms with Gasteiger partial charge in [0.2, 0.25) is 0 Å². The standard InChI is InChI=1S/C12H28IN2P2/c1-5-6-7-10-15(16-4)14-17(13)11(2)8-9-12(17)3/h11-12,14,16H,5-10H2,1-4H3/q+1/t11-,12-/m1/s1. The molecule has 5 heteroatoms. The molecule has 1 N–H and O–H groups in total. The van der Waals surface area contributed by atoms with E-state index >= 15 is 0 Å². The van der Waals surface area contributed by atoms with Crippen LogP contribution in [0.25, 0.3) is 0 Å². The van der Waals surface area contributed by atoms with Gasteiger partial charge in [-0.25, -0.2) is 0 Å². The van der Waals surface area contributed by atoms with Crippen molar-refractivity contribution in [1.82, 2.24) is 9.98 Å². The molecule has 0 bridgehead atoms. The maximum atomic E-state index is 3.94. The van der Waals surface area contributed by atoms with Gasteiger partial charge in [0.15, 0.2) is 27.1 Å². The molecule has 0 spiro atoms. The Kier molecular flexibility index (Phi) is 7.74. The van der Waals surface area contributed by atoms with Gasteiger partial charge in [0, 0.05) is 6.54 Å². The molecule has 0 radical (unpaired) electrons. The molecular formula is C12H28IN2P2+. The summed E-state index contributed by atoms with van der Waals surface area (Å²) in [6.07, 6.45) is 6.85. The third kappa shape index (κ3) is 4.53. The Balaban J connectivity index is 2.48. The summed E-state index contributed by atoms with van der Waals surface area (Å²) in [6.45, 7) is 10.7. The van der Waals surface area contributed by atoms with Crippen molar-refractivity contribution in [2.45, 2.75) is 64.2 Å². The molecule has 1 rings (SSSR count). The lowest BCUT2D eigenvalue weighted by molar-refractivity contribution is 0.418. The smallest absolute Gasteiger partial charge is 0.178 e.